The standard InChI is InChI=1S/C19H19N5O3/c1-20-19(25)14-8-9-16(17(10-14)24(26)27)21-11-15-12-23(2)22-18(15)13-6-4-3-5-7-13/h3-10,12,21H,11H2,1-2H3,(H,20,25). The highest BCUT2D eigenvalue weighted by atomic mass is 16.6. The Kier molecular flexibility index (Phi) is 5.16. The predicted octanol–water partition coefficient (Wildman–Crippen LogP) is 2.97. The molecule has 0 fully saturated rings. The molecule has 138 valence electrons. The third kappa shape index (κ3) is 3.95. The van der Waals surface area contributed by atoms with E-state index in [9.17, 15) is 14.9 Å². The Hall–Kier alpha value is -3.68. The van der Waals surface area contributed by atoms with E-state index in [4.69, 9.17) is 0 Å². The quantitative estimate of drug-likeness (QED) is 0.516. The fourth-order valence-corrected chi connectivity index (χ4v) is 2.81. The normalized spacial score (nSPS) is 10.4. The molecular formula is C19H19N5O3. The zero-order chi connectivity index (χ0) is 19.4. The summed E-state index contributed by atoms with van der Waals surface area (Å²) in [5, 5.41) is 21.4. The number of carbonyl (C=O) groups is 1. The van der Waals surface area contributed by atoms with Crippen molar-refractivity contribution in [3.63, 3.8) is 0 Å². The van der Waals surface area contributed by atoms with Gasteiger partial charge in [0.2, 0.25) is 0 Å². The molecule has 0 aliphatic carbocycles. The molecule has 0 aliphatic heterocycles. The molecule has 0 radical (unpaired) electrons. The van der Waals surface area contributed by atoms with E-state index in [-0.39, 0.29) is 17.2 Å². The lowest BCUT2D eigenvalue weighted by atomic mass is 10.1. The average Bonchev–Trinajstić information content (AvgIpc) is 3.06. The van der Waals surface area contributed by atoms with Crippen LogP contribution in [-0.4, -0.2) is 27.7 Å². The fraction of sp³-hybridized carbons (Fsp3) is 0.158. The van der Waals surface area contributed by atoms with Crippen molar-refractivity contribution in [3.8, 4) is 11.3 Å². The highest BCUT2D eigenvalue weighted by Crippen LogP contribution is 2.28. The first-order valence-corrected chi connectivity index (χ1v) is 8.32. The summed E-state index contributed by atoms with van der Waals surface area (Å²) in [6.45, 7) is 0.359. The molecule has 0 unspecified atom stereocenters. The average molecular weight is 365 g/mol. The number of benzene rings is 2. The van der Waals surface area contributed by atoms with E-state index in [1.807, 2.05) is 43.6 Å². The number of amides is 1. The number of nitro benzene ring substituents is 1. The van der Waals surface area contributed by atoms with Gasteiger partial charge < -0.3 is 10.6 Å². The number of nitro groups is 1. The molecule has 3 aromatic rings. The van der Waals surface area contributed by atoms with Crippen molar-refractivity contribution >= 4 is 17.3 Å². The summed E-state index contributed by atoms with van der Waals surface area (Å²) in [6, 6.07) is 14.1. The van der Waals surface area contributed by atoms with Gasteiger partial charge in [-0.2, -0.15) is 5.10 Å². The van der Waals surface area contributed by atoms with E-state index in [1.165, 1.54) is 13.1 Å². The van der Waals surface area contributed by atoms with Gasteiger partial charge in [0.1, 0.15) is 5.69 Å². The van der Waals surface area contributed by atoms with E-state index in [2.05, 4.69) is 15.7 Å². The van der Waals surface area contributed by atoms with Crippen LogP contribution in [0.1, 0.15) is 15.9 Å². The molecule has 8 heteroatoms. The number of nitrogens with zero attached hydrogens (tertiary/aromatic N) is 3. The first-order chi connectivity index (χ1) is 13.0. The molecule has 1 heterocycles. The summed E-state index contributed by atoms with van der Waals surface area (Å²) in [5.74, 6) is -0.372. The number of hydrogen-bond donors (Lipinski definition) is 2. The molecule has 2 N–H and O–H groups in total. The van der Waals surface area contributed by atoms with E-state index in [1.54, 1.807) is 16.8 Å². The second kappa shape index (κ2) is 7.69. The summed E-state index contributed by atoms with van der Waals surface area (Å²) < 4.78 is 1.71. The van der Waals surface area contributed by atoms with Crippen molar-refractivity contribution in [1.82, 2.24) is 15.1 Å². The summed E-state index contributed by atoms with van der Waals surface area (Å²) in [4.78, 5) is 22.6. The molecule has 0 saturated carbocycles. The molecule has 0 spiro atoms. The zero-order valence-electron chi connectivity index (χ0n) is 15.0. The lowest BCUT2D eigenvalue weighted by molar-refractivity contribution is -0.384. The van der Waals surface area contributed by atoms with Crippen LogP contribution in [0.3, 0.4) is 0 Å². The lowest BCUT2D eigenvalue weighted by Gasteiger charge is -2.09. The minimum atomic E-state index is -0.504. The maximum atomic E-state index is 11.7. The number of hydrogen-bond acceptors (Lipinski definition) is 5. The number of nitrogens with one attached hydrogen (secondary N) is 2. The number of aryl methyl sites for hydroxylation is 1. The maximum absolute atomic E-state index is 11.7. The third-order valence-corrected chi connectivity index (χ3v) is 4.10. The largest absolute Gasteiger partial charge is 0.375 e. The van der Waals surface area contributed by atoms with Gasteiger partial charge in [-0.3, -0.25) is 19.6 Å². The summed E-state index contributed by atoms with van der Waals surface area (Å²) in [5.41, 5.74) is 3.13. The van der Waals surface area contributed by atoms with Gasteiger partial charge in [-0.05, 0) is 12.1 Å². The SMILES string of the molecule is CNC(=O)c1ccc(NCc2cn(C)nc2-c2ccccc2)c([N+](=O)[O-])c1. The van der Waals surface area contributed by atoms with Crippen molar-refractivity contribution < 1.29 is 9.72 Å². The van der Waals surface area contributed by atoms with Gasteiger partial charge in [0.25, 0.3) is 11.6 Å². The molecule has 27 heavy (non-hydrogen) atoms. The van der Waals surface area contributed by atoms with Crippen molar-refractivity contribution in [1.29, 1.82) is 0 Å². The Morgan fingerprint density at radius 3 is 2.63 bits per heavy atom. The van der Waals surface area contributed by atoms with Crippen LogP contribution < -0.4 is 10.6 Å². The molecule has 0 aliphatic rings. The highest BCUT2D eigenvalue weighted by molar-refractivity contribution is 5.95. The molecular weight excluding hydrogens is 346 g/mol. The van der Waals surface area contributed by atoms with Gasteiger partial charge in [0.05, 0.1) is 10.6 Å². The highest BCUT2D eigenvalue weighted by Gasteiger charge is 2.18. The summed E-state index contributed by atoms with van der Waals surface area (Å²) >= 11 is 0. The van der Waals surface area contributed by atoms with E-state index in [0.29, 0.717) is 12.2 Å². The van der Waals surface area contributed by atoms with Crippen LogP contribution in [0.5, 0.6) is 0 Å². The van der Waals surface area contributed by atoms with Crippen LogP contribution in [0.2, 0.25) is 0 Å². The monoisotopic (exact) mass is 365 g/mol. The number of carbonyl (C=O) groups excluding carboxylic acids is 1. The maximum Gasteiger partial charge on any atom is 0.293 e. The molecule has 0 bridgehead atoms. The van der Waals surface area contributed by atoms with E-state index in [0.717, 1.165) is 16.8 Å². The zero-order valence-corrected chi connectivity index (χ0v) is 15.0. The van der Waals surface area contributed by atoms with Crippen LogP contribution >= 0.6 is 0 Å². The van der Waals surface area contributed by atoms with Crippen LogP contribution in [0.25, 0.3) is 11.3 Å². The molecule has 0 saturated heterocycles. The molecule has 3 rings (SSSR count). The second-order valence-corrected chi connectivity index (χ2v) is 5.96. The first kappa shape index (κ1) is 18.1. The Labute approximate surface area is 156 Å². The van der Waals surface area contributed by atoms with Gasteiger partial charge in [0, 0.05) is 49.6 Å². The van der Waals surface area contributed by atoms with Crippen molar-refractivity contribution in [2.24, 2.45) is 7.05 Å². The smallest absolute Gasteiger partial charge is 0.293 e. The predicted molar refractivity (Wildman–Crippen MR) is 102 cm³/mol. The second-order valence-electron chi connectivity index (χ2n) is 5.96. The minimum Gasteiger partial charge on any atom is -0.375 e. The van der Waals surface area contributed by atoms with Crippen LogP contribution in [-0.2, 0) is 13.6 Å². The first-order valence-electron chi connectivity index (χ1n) is 8.32. The van der Waals surface area contributed by atoms with Crippen LogP contribution in [0, 0.1) is 10.1 Å². The van der Waals surface area contributed by atoms with Gasteiger partial charge in [-0.15, -0.1) is 0 Å². The van der Waals surface area contributed by atoms with Gasteiger partial charge >= 0.3 is 0 Å². The van der Waals surface area contributed by atoms with Crippen LogP contribution in [0.4, 0.5) is 11.4 Å². The Bertz CT molecular complexity index is 982. The number of rotatable bonds is 6. The number of aromatic nitrogens is 2. The van der Waals surface area contributed by atoms with Crippen molar-refractivity contribution in [3.05, 3.63) is 76.0 Å². The van der Waals surface area contributed by atoms with Gasteiger partial charge in [-0.25, -0.2) is 0 Å². The van der Waals surface area contributed by atoms with E-state index < -0.39 is 4.92 Å². The Morgan fingerprint density at radius 1 is 1.22 bits per heavy atom. The molecule has 8 nitrogen and oxygen atoms in total. The van der Waals surface area contributed by atoms with Gasteiger partial charge in [-0.1, -0.05) is 30.3 Å². The van der Waals surface area contributed by atoms with Gasteiger partial charge in [0.15, 0.2) is 0 Å². The van der Waals surface area contributed by atoms with E-state index >= 15 is 0 Å². The topological polar surface area (TPSA) is 102 Å². The Morgan fingerprint density at radius 2 is 1.96 bits per heavy atom. The Balaban J connectivity index is 1.87. The lowest BCUT2D eigenvalue weighted by Crippen LogP contribution is -2.18. The van der Waals surface area contributed by atoms with Crippen LogP contribution in [0.15, 0.2) is 54.7 Å². The third-order valence-electron chi connectivity index (χ3n) is 4.10. The molecule has 0 atom stereocenters. The molecule has 1 amide bonds. The minimum absolute atomic E-state index is 0.152. The number of anilines is 1. The van der Waals surface area contributed by atoms with Crippen molar-refractivity contribution in [2.45, 2.75) is 6.54 Å². The molecule has 1 aromatic heterocycles. The molecule has 2 aromatic carbocycles. The fourth-order valence-electron chi connectivity index (χ4n) is 2.81. The summed E-state index contributed by atoms with van der Waals surface area (Å²) in [7, 11) is 3.31. The van der Waals surface area contributed by atoms with Crippen molar-refractivity contribution in [2.75, 3.05) is 12.4 Å². The summed E-state index contributed by atoms with van der Waals surface area (Å²) in [6.07, 6.45) is 1.88.